The number of nitrogens with two attached hydrogens (primary N) is 1. The molecule has 0 amide bonds. The van der Waals surface area contributed by atoms with E-state index in [4.69, 9.17) is 15.3 Å². The van der Waals surface area contributed by atoms with Crippen LogP contribution in [-0.2, 0) is 19.2 Å². The molecule has 0 saturated heterocycles. The Morgan fingerprint density at radius 3 is 2.54 bits per heavy atom. The van der Waals surface area contributed by atoms with E-state index in [1.54, 1.807) is 0 Å². The first-order chi connectivity index (χ1) is 16.7. The average molecular weight is 479 g/mol. The fourth-order valence-corrected chi connectivity index (χ4v) is 8.17. The lowest BCUT2D eigenvalue weighted by molar-refractivity contribution is -0.156. The van der Waals surface area contributed by atoms with Crippen LogP contribution >= 0.6 is 0 Å². The van der Waals surface area contributed by atoms with Gasteiger partial charge < -0.3 is 15.3 Å². The number of benzene rings is 1. The van der Waals surface area contributed by atoms with E-state index in [1.165, 1.54) is 12.5 Å². The number of carbonyl (C=O) groups is 2. The minimum Gasteiger partial charge on any atom is -0.462 e. The molecule has 2 N–H and O–H groups in total. The maximum Gasteiger partial charge on any atom is 0.338 e. The number of allylic oxidation sites excluding steroid dienone is 1. The number of oxime groups is 1. The summed E-state index contributed by atoms with van der Waals surface area (Å²) in [5, 5.41) is 3.98. The zero-order chi connectivity index (χ0) is 24.8. The van der Waals surface area contributed by atoms with Gasteiger partial charge in [0, 0.05) is 18.9 Å². The number of esters is 1. The van der Waals surface area contributed by atoms with E-state index in [0.717, 1.165) is 56.9 Å². The van der Waals surface area contributed by atoms with E-state index in [-0.39, 0.29) is 40.6 Å². The summed E-state index contributed by atoms with van der Waals surface area (Å²) in [5.74, 6) is 1.38. The van der Waals surface area contributed by atoms with Crippen LogP contribution in [0.4, 0.5) is 0 Å². The Bertz CT molecular complexity index is 1050. The number of hydrogen-bond acceptors (Lipinski definition) is 5. The number of amidine groups is 1. The fourth-order valence-electron chi connectivity index (χ4n) is 8.17. The SMILES string of the molecule is CC(=O)O[C@H]1CC[C@@]2(C)C(=CC[C@H]3[C@@H]4CC[C@H](C(=O)O/N=C(\N)c5ccccc5)[C@@]4(C)CC[C@@H]32)C1. The number of ether oxygens (including phenoxy) is 1. The molecule has 3 fully saturated rings. The Hall–Kier alpha value is -2.63. The minimum atomic E-state index is -0.243. The van der Waals surface area contributed by atoms with Crippen molar-refractivity contribution in [1.29, 1.82) is 0 Å². The summed E-state index contributed by atoms with van der Waals surface area (Å²) in [6.45, 7) is 6.24. The molecule has 0 bridgehead atoms. The molecule has 3 saturated carbocycles. The summed E-state index contributed by atoms with van der Waals surface area (Å²) in [6, 6.07) is 9.38. The summed E-state index contributed by atoms with van der Waals surface area (Å²) >= 11 is 0. The Labute approximate surface area is 208 Å². The molecule has 6 nitrogen and oxygen atoms in total. The third-order valence-electron chi connectivity index (χ3n) is 9.98. The van der Waals surface area contributed by atoms with Crippen LogP contribution < -0.4 is 5.73 Å². The van der Waals surface area contributed by atoms with Crippen molar-refractivity contribution in [2.24, 2.45) is 45.4 Å². The van der Waals surface area contributed by atoms with Crippen LogP contribution in [0.2, 0.25) is 0 Å². The summed E-state index contributed by atoms with van der Waals surface area (Å²) < 4.78 is 5.56. The molecule has 0 aliphatic heterocycles. The standard InChI is InChI=1S/C29H38N2O4/c1-18(32)34-21-13-15-28(2)20(17-21)9-10-22-23-11-12-25(29(23,3)16-14-24(22)28)27(33)35-31-26(30)19-7-5-4-6-8-19/h4-9,21-25H,10-17H2,1-3H3,(H2,30,31)/t21-,22-,23-,24-,25+,28-,29-/m0/s1. The van der Waals surface area contributed by atoms with Gasteiger partial charge in [0.05, 0.1) is 5.92 Å². The second-order valence-corrected chi connectivity index (χ2v) is 11.7. The fraction of sp³-hybridized carbons (Fsp3) is 0.621. The van der Waals surface area contributed by atoms with Crippen LogP contribution in [0.15, 0.2) is 47.1 Å². The Kier molecular flexibility index (Phi) is 6.27. The number of nitrogens with zero attached hydrogens (tertiary/aromatic N) is 1. The number of hydrogen-bond donors (Lipinski definition) is 1. The molecule has 7 atom stereocenters. The second-order valence-electron chi connectivity index (χ2n) is 11.7. The van der Waals surface area contributed by atoms with E-state index < -0.39 is 0 Å². The maximum atomic E-state index is 13.2. The average Bonchev–Trinajstić information content (AvgIpc) is 3.20. The van der Waals surface area contributed by atoms with E-state index in [9.17, 15) is 9.59 Å². The van der Waals surface area contributed by atoms with Crippen LogP contribution in [0, 0.1) is 34.5 Å². The number of rotatable bonds is 4. The van der Waals surface area contributed by atoms with Crippen LogP contribution in [0.25, 0.3) is 0 Å². The second kappa shape index (κ2) is 9.11. The smallest absolute Gasteiger partial charge is 0.338 e. The van der Waals surface area contributed by atoms with Gasteiger partial charge >= 0.3 is 11.9 Å². The number of fused-ring (bicyclic) bond motifs is 5. The van der Waals surface area contributed by atoms with Crippen LogP contribution in [0.3, 0.4) is 0 Å². The predicted octanol–water partition coefficient (Wildman–Crippen LogP) is 5.36. The molecule has 5 rings (SSSR count). The molecule has 0 spiro atoms. The molecule has 0 aromatic heterocycles. The lowest BCUT2D eigenvalue weighted by atomic mass is 9.47. The lowest BCUT2D eigenvalue weighted by Gasteiger charge is -2.57. The van der Waals surface area contributed by atoms with Crippen LogP contribution in [0.5, 0.6) is 0 Å². The molecular formula is C29H38N2O4. The number of carbonyl (C=O) groups excluding carboxylic acids is 2. The first kappa shape index (κ1) is 24.1. The van der Waals surface area contributed by atoms with E-state index in [1.807, 2.05) is 30.3 Å². The summed E-state index contributed by atoms with van der Waals surface area (Å²) in [7, 11) is 0. The van der Waals surface area contributed by atoms with Gasteiger partial charge in [-0.25, -0.2) is 4.79 Å². The molecule has 0 unspecified atom stereocenters. The Balaban J connectivity index is 1.30. The van der Waals surface area contributed by atoms with Crippen molar-refractivity contribution >= 4 is 17.8 Å². The molecule has 188 valence electrons. The normalized spacial score (nSPS) is 38.4. The van der Waals surface area contributed by atoms with Gasteiger partial charge in [-0.3, -0.25) is 4.79 Å². The zero-order valence-corrected chi connectivity index (χ0v) is 21.2. The maximum absolute atomic E-state index is 13.2. The lowest BCUT2D eigenvalue weighted by Crippen LogP contribution is -2.51. The minimum absolute atomic E-state index is 0.0201. The quantitative estimate of drug-likeness (QED) is 0.157. The van der Waals surface area contributed by atoms with Gasteiger partial charge in [-0.2, -0.15) is 0 Å². The molecule has 6 heteroatoms. The molecule has 35 heavy (non-hydrogen) atoms. The van der Waals surface area contributed by atoms with Crippen molar-refractivity contribution in [1.82, 2.24) is 0 Å². The van der Waals surface area contributed by atoms with Gasteiger partial charge in [-0.1, -0.05) is 61.0 Å². The topological polar surface area (TPSA) is 91.0 Å². The van der Waals surface area contributed by atoms with Gasteiger partial charge in [0.1, 0.15) is 6.10 Å². The van der Waals surface area contributed by atoms with E-state index in [2.05, 4.69) is 25.1 Å². The Morgan fingerprint density at radius 2 is 1.80 bits per heavy atom. The molecule has 1 aromatic carbocycles. The van der Waals surface area contributed by atoms with Crippen molar-refractivity contribution in [3.8, 4) is 0 Å². The summed E-state index contributed by atoms with van der Waals surface area (Å²) in [6.07, 6.45) is 10.5. The third kappa shape index (κ3) is 4.19. The molecular weight excluding hydrogens is 440 g/mol. The highest BCUT2D eigenvalue weighted by Gasteiger charge is 2.60. The van der Waals surface area contributed by atoms with Gasteiger partial charge in [0.2, 0.25) is 0 Å². The van der Waals surface area contributed by atoms with E-state index in [0.29, 0.717) is 17.8 Å². The van der Waals surface area contributed by atoms with Crippen molar-refractivity contribution in [2.75, 3.05) is 0 Å². The highest BCUT2D eigenvalue weighted by Crippen LogP contribution is 2.66. The van der Waals surface area contributed by atoms with Gasteiger partial charge in [-0.05, 0) is 73.5 Å². The van der Waals surface area contributed by atoms with Gasteiger partial charge in [0.15, 0.2) is 5.84 Å². The molecule has 4 aliphatic rings. The third-order valence-corrected chi connectivity index (χ3v) is 9.98. The van der Waals surface area contributed by atoms with Crippen molar-refractivity contribution in [3.63, 3.8) is 0 Å². The first-order valence-electron chi connectivity index (χ1n) is 13.2. The molecule has 0 radical (unpaired) electrons. The highest BCUT2D eigenvalue weighted by molar-refractivity contribution is 5.97. The van der Waals surface area contributed by atoms with Crippen molar-refractivity contribution in [3.05, 3.63) is 47.5 Å². The van der Waals surface area contributed by atoms with Crippen molar-refractivity contribution in [2.45, 2.75) is 78.2 Å². The summed E-state index contributed by atoms with van der Waals surface area (Å²) in [5.41, 5.74) is 8.39. The summed E-state index contributed by atoms with van der Waals surface area (Å²) in [4.78, 5) is 30.1. The molecule has 4 aliphatic carbocycles. The van der Waals surface area contributed by atoms with Crippen LogP contribution in [-0.4, -0.2) is 23.9 Å². The van der Waals surface area contributed by atoms with Crippen LogP contribution in [0.1, 0.15) is 77.7 Å². The van der Waals surface area contributed by atoms with E-state index >= 15 is 0 Å². The zero-order valence-electron chi connectivity index (χ0n) is 21.2. The van der Waals surface area contributed by atoms with Crippen molar-refractivity contribution < 1.29 is 19.2 Å². The largest absolute Gasteiger partial charge is 0.462 e. The predicted molar refractivity (Wildman–Crippen MR) is 134 cm³/mol. The van der Waals surface area contributed by atoms with Gasteiger partial charge in [0.25, 0.3) is 0 Å². The molecule has 0 heterocycles. The monoisotopic (exact) mass is 478 g/mol. The first-order valence-corrected chi connectivity index (χ1v) is 13.2. The van der Waals surface area contributed by atoms with Gasteiger partial charge in [-0.15, -0.1) is 0 Å². The Morgan fingerprint density at radius 1 is 1.03 bits per heavy atom. The molecule has 1 aromatic rings. The highest BCUT2D eigenvalue weighted by atomic mass is 16.7.